The number of benzene rings is 1. The molecule has 0 bridgehead atoms. The number of hydrogen-bond acceptors (Lipinski definition) is 6. The Morgan fingerprint density at radius 1 is 1.32 bits per heavy atom. The topological polar surface area (TPSA) is 84.2 Å². The summed E-state index contributed by atoms with van der Waals surface area (Å²) >= 11 is 6.65. The summed E-state index contributed by atoms with van der Waals surface area (Å²) in [6.45, 7) is 5.79. The van der Waals surface area contributed by atoms with Gasteiger partial charge in [0.2, 0.25) is 10.9 Å². The summed E-state index contributed by atoms with van der Waals surface area (Å²) in [5.74, 6) is 0.739. The highest BCUT2D eigenvalue weighted by atomic mass is 32.1. The van der Waals surface area contributed by atoms with Crippen LogP contribution in [0.3, 0.4) is 0 Å². The SMILES string of the molecule is CCC(=O)NC(=S)Nc1ccc(-c2nn3c(CC)nnc3s2)cc1C. The molecule has 9 heteroatoms. The Kier molecular flexibility index (Phi) is 5.05. The minimum absolute atomic E-state index is 0.113. The number of anilines is 1. The number of hydrogen-bond donors (Lipinski definition) is 2. The van der Waals surface area contributed by atoms with Crippen molar-refractivity contribution >= 4 is 45.2 Å². The van der Waals surface area contributed by atoms with Gasteiger partial charge in [0.15, 0.2) is 10.9 Å². The number of fused-ring (bicyclic) bond motifs is 1. The largest absolute Gasteiger partial charge is 0.332 e. The van der Waals surface area contributed by atoms with Crippen LogP contribution in [0.25, 0.3) is 15.5 Å². The molecule has 3 rings (SSSR count). The number of amides is 1. The smallest absolute Gasteiger partial charge is 0.234 e. The monoisotopic (exact) mass is 374 g/mol. The number of aromatic nitrogens is 4. The van der Waals surface area contributed by atoms with Gasteiger partial charge in [0.05, 0.1) is 0 Å². The lowest BCUT2D eigenvalue weighted by Gasteiger charge is -2.12. The standard InChI is InChI=1S/C16H18N6OS2/c1-4-12-19-20-16-22(12)21-14(25-16)10-6-7-11(9(3)8-10)17-15(24)18-13(23)5-2/h6-8H,4-5H2,1-3H3,(H2,17,18,23,24). The van der Waals surface area contributed by atoms with Crippen LogP contribution in [0.15, 0.2) is 18.2 Å². The highest BCUT2D eigenvalue weighted by Crippen LogP contribution is 2.28. The predicted octanol–water partition coefficient (Wildman–Crippen LogP) is 2.95. The highest BCUT2D eigenvalue weighted by Gasteiger charge is 2.13. The van der Waals surface area contributed by atoms with Crippen LogP contribution in [0, 0.1) is 6.92 Å². The second-order valence-corrected chi connectivity index (χ2v) is 6.82. The molecule has 0 spiro atoms. The fourth-order valence-electron chi connectivity index (χ4n) is 2.30. The first kappa shape index (κ1) is 17.4. The average Bonchev–Trinajstić information content (AvgIpc) is 3.16. The molecule has 0 unspecified atom stereocenters. The number of carbonyl (C=O) groups is 1. The Labute approximate surface area is 154 Å². The number of carbonyl (C=O) groups excluding carboxylic acids is 1. The van der Waals surface area contributed by atoms with E-state index in [4.69, 9.17) is 12.2 Å². The lowest BCUT2D eigenvalue weighted by Crippen LogP contribution is -2.33. The quantitative estimate of drug-likeness (QED) is 0.683. The van der Waals surface area contributed by atoms with Crippen LogP contribution in [0.1, 0.15) is 31.7 Å². The highest BCUT2D eigenvalue weighted by molar-refractivity contribution is 7.80. The molecule has 0 atom stereocenters. The summed E-state index contributed by atoms with van der Waals surface area (Å²) in [6.07, 6.45) is 1.17. The molecule has 0 radical (unpaired) electrons. The third-order valence-electron chi connectivity index (χ3n) is 3.67. The molecule has 7 nitrogen and oxygen atoms in total. The summed E-state index contributed by atoms with van der Waals surface area (Å²) in [6, 6.07) is 5.93. The van der Waals surface area contributed by atoms with Gasteiger partial charge in [-0.3, -0.25) is 4.79 Å². The van der Waals surface area contributed by atoms with Crippen molar-refractivity contribution in [3.8, 4) is 10.6 Å². The van der Waals surface area contributed by atoms with Gasteiger partial charge < -0.3 is 10.6 Å². The van der Waals surface area contributed by atoms with Crippen molar-refractivity contribution in [1.82, 2.24) is 25.1 Å². The molecule has 0 aliphatic carbocycles. The van der Waals surface area contributed by atoms with Crippen LogP contribution in [-0.4, -0.2) is 30.8 Å². The molecule has 2 heterocycles. The van der Waals surface area contributed by atoms with Crippen molar-refractivity contribution < 1.29 is 4.79 Å². The molecule has 0 fully saturated rings. The molecule has 0 aliphatic rings. The van der Waals surface area contributed by atoms with Crippen LogP contribution in [-0.2, 0) is 11.2 Å². The second-order valence-electron chi connectivity index (χ2n) is 5.46. The third-order valence-corrected chi connectivity index (χ3v) is 4.82. The maximum Gasteiger partial charge on any atom is 0.234 e. The first-order valence-corrected chi connectivity index (χ1v) is 9.17. The fraction of sp³-hybridized carbons (Fsp3) is 0.312. The van der Waals surface area contributed by atoms with Crippen LogP contribution < -0.4 is 10.6 Å². The number of nitrogens with one attached hydrogen (secondary N) is 2. The van der Waals surface area contributed by atoms with Crippen LogP contribution in [0.5, 0.6) is 0 Å². The molecular weight excluding hydrogens is 356 g/mol. The first-order chi connectivity index (χ1) is 12.0. The molecule has 1 amide bonds. The van der Waals surface area contributed by atoms with E-state index in [1.807, 2.05) is 32.0 Å². The Balaban J connectivity index is 1.82. The third kappa shape index (κ3) is 3.67. The van der Waals surface area contributed by atoms with Gasteiger partial charge in [0, 0.05) is 24.1 Å². The minimum atomic E-state index is -0.113. The average molecular weight is 374 g/mol. The lowest BCUT2D eigenvalue weighted by atomic mass is 10.1. The molecule has 3 aromatic rings. The zero-order valence-electron chi connectivity index (χ0n) is 14.2. The Morgan fingerprint density at radius 2 is 2.12 bits per heavy atom. The predicted molar refractivity (Wildman–Crippen MR) is 103 cm³/mol. The first-order valence-electron chi connectivity index (χ1n) is 7.94. The summed E-state index contributed by atoms with van der Waals surface area (Å²) in [5, 5.41) is 19.7. The molecular formula is C16H18N6OS2. The number of nitrogens with zero attached hydrogens (tertiary/aromatic N) is 4. The van der Waals surface area contributed by atoms with E-state index in [1.165, 1.54) is 11.3 Å². The van der Waals surface area contributed by atoms with Crippen molar-refractivity contribution in [2.24, 2.45) is 0 Å². The van der Waals surface area contributed by atoms with Gasteiger partial charge in [-0.15, -0.1) is 10.2 Å². The van der Waals surface area contributed by atoms with Crippen molar-refractivity contribution in [3.05, 3.63) is 29.6 Å². The van der Waals surface area contributed by atoms with Gasteiger partial charge in [-0.05, 0) is 42.9 Å². The van der Waals surface area contributed by atoms with Crippen molar-refractivity contribution in [2.45, 2.75) is 33.6 Å². The number of rotatable bonds is 4. The van der Waals surface area contributed by atoms with Gasteiger partial charge in [-0.1, -0.05) is 25.2 Å². The van der Waals surface area contributed by atoms with Gasteiger partial charge in [-0.2, -0.15) is 9.61 Å². The van der Waals surface area contributed by atoms with E-state index >= 15 is 0 Å². The Morgan fingerprint density at radius 3 is 2.80 bits per heavy atom. The van der Waals surface area contributed by atoms with E-state index in [0.29, 0.717) is 11.5 Å². The summed E-state index contributed by atoms with van der Waals surface area (Å²) in [5.41, 5.74) is 2.86. The van der Waals surface area contributed by atoms with Crippen molar-refractivity contribution in [3.63, 3.8) is 0 Å². The second kappa shape index (κ2) is 7.24. The molecule has 0 saturated carbocycles. The van der Waals surface area contributed by atoms with E-state index < -0.39 is 0 Å². The maximum absolute atomic E-state index is 11.4. The van der Waals surface area contributed by atoms with E-state index in [1.54, 1.807) is 11.4 Å². The molecule has 130 valence electrons. The van der Waals surface area contributed by atoms with Crippen LogP contribution in [0.2, 0.25) is 0 Å². The Hall–Kier alpha value is -2.39. The molecule has 2 N–H and O–H groups in total. The van der Waals surface area contributed by atoms with Gasteiger partial charge in [0.25, 0.3) is 0 Å². The van der Waals surface area contributed by atoms with E-state index in [2.05, 4.69) is 25.9 Å². The van der Waals surface area contributed by atoms with E-state index in [0.717, 1.165) is 39.0 Å². The zero-order valence-corrected chi connectivity index (χ0v) is 15.8. The molecule has 2 aromatic heterocycles. The fourth-order valence-corrected chi connectivity index (χ4v) is 3.38. The molecule has 1 aromatic carbocycles. The molecule has 0 saturated heterocycles. The minimum Gasteiger partial charge on any atom is -0.332 e. The van der Waals surface area contributed by atoms with E-state index in [-0.39, 0.29) is 5.91 Å². The summed E-state index contributed by atoms with van der Waals surface area (Å²) in [4.78, 5) is 12.2. The number of thiocarbonyl (C=S) groups is 1. The molecule has 25 heavy (non-hydrogen) atoms. The molecule has 0 aliphatic heterocycles. The zero-order chi connectivity index (χ0) is 18.0. The van der Waals surface area contributed by atoms with Gasteiger partial charge in [-0.25, -0.2) is 0 Å². The summed E-state index contributed by atoms with van der Waals surface area (Å²) < 4.78 is 1.79. The van der Waals surface area contributed by atoms with Gasteiger partial charge >= 0.3 is 0 Å². The normalized spacial score (nSPS) is 10.8. The number of aryl methyl sites for hydroxylation is 2. The van der Waals surface area contributed by atoms with Gasteiger partial charge in [0.1, 0.15) is 5.01 Å². The van der Waals surface area contributed by atoms with Crippen molar-refractivity contribution in [2.75, 3.05) is 5.32 Å². The summed E-state index contributed by atoms with van der Waals surface area (Å²) in [7, 11) is 0. The maximum atomic E-state index is 11.4. The lowest BCUT2D eigenvalue weighted by molar-refractivity contribution is -0.119. The van der Waals surface area contributed by atoms with Crippen LogP contribution >= 0.6 is 23.6 Å². The van der Waals surface area contributed by atoms with Crippen molar-refractivity contribution in [1.29, 1.82) is 0 Å². The Bertz CT molecular complexity index is 945. The van der Waals surface area contributed by atoms with Crippen LogP contribution in [0.4, 0.5) is 5.69 Å². The van der Waals surface area contributed by atoms with E-state index in [9.17, 15) is 4.79 Å².